The lowest BCUT2D eigenvalue weighted by atomic mass is 9.81. The lowest BCUT2D eigenvalue weighted by molar-refractivity contribution is -0.144. The number of fused-ring (bicyclic) bond motifs is 1. The highest BCUT2D eigenvalue weighted by atomic mass is 19.4. The Kier molecular flexibility index (Phi) is 7.53. The Morgan fingerprint density at radius 3 is 2.55 bits per heavy atom. The summed E-state index contributed by atoms with van der Waals surface area (Å²) >= 11 is 0. The van der Waals surface area contributed by atoms with Crippen LogP contribution in [0.15, 0.2) is 24.4 Å². The summed E-state index contributed by atoms with van der Waals surface area (Å²) in [6, 6.07) is 4.00. The van der Waals surface area contributed by atoms with Crippen LogP contribution in [0.5, 0.6) is 0 Å². The predicted molar refractivity (Wildman–Crippen MR) is 133 cm³/mol. The van der Waals surface area contributed by atoms with Crippen molar-refractivity contribution < 1.29 is 31.5 Å². The summed E-state index contributed by atoms with van der Waals surface area (Å²) in [6.45, 7) is 1.66. The molecule has 1 aromatic carbocycles. The van der Waals surface area contributed by atoms with Crippen molar-refractivity contribution in [3.05, 3.63) is 41.5 Å². The number of aromatic nitrogens is 5. The molecule has 0 unspecified atom stereocenters. The van der Waals surface area contributed by atoms with Gasteiger partial charge in [0.05, 0.1) is 41.8 Å². The molecule has 2 heterocycles. The monoisotopic (exact) mass is 567 g/mol. The fourth-order valence-corrected chi connectivity index (χ4v) is 5.13. The molecule has 2 fully saturated rings. The second kappa shape index (κ2) is 10.8. The standard InChI is InChI=1S/C26H30F5N7O2/c1-14(33-21(39)8-11-26(29,30)31)16-2-5-18-19(12-16)35-23(34-18)22(15-6-9-25(27,28)10-7-15)36-24(40)20-13-32-37-38(20)17-3-4-17/h2,5,12-15,17,22H,3-4,6-11H2,1H3,(H,33,39)(H,34,35)(H,36,40)/t14-,22+/m1/s1. The molecule has 0 aliphatic heterocycles. The van der Waals surface area contributed by atoms with Crippen LogP contribution in [0.1, 0.15) is 98.3 Å². The minimum absolute atomic E-state index is 0.121. The van der Waals surface area contributed by atoms with Crippen molar-refractivity contribution in [2.24, 2.45) is 5.92 Å². The van der Waals surface area contributed by atoms with Crippen LogP contribution in [0.3, 0.4) is 0 Å². The van der Waals surface area contributed by atoms with Gasteiger partial charge in [0, 0.05) is 19.3 Å². The molecule has 14 heteroatoms. The highest BCUT2D eigenvalue weighted by Gasteiger charge is 2.40. The first-order valence-corrected chi connectivity index (χ1v) is 13.3. The normalized spacial score (nSPS) is 19.4. The number of nitrogens with zero attached hydrogens (tertiary/aromatic N) is 4. The molecule has 216 valence electrons. The first kappa shape index (κ1) is 28.0. The third-order valence-corrected chi connectivity index (χ3v) is 7.55. The van der Waals surface area contributed by atoms with Crippen molar-refractivity contribution in [2.75, 3.05) is 0 Å². The molecule has 40 heavy (non-hydrogen) atoms. The molecule has 2 aliphatic rings. The zero-order valence-corrected chi connectivity index (χ0v) is 21.8. The van der Waals surface area contributed by atoms with Crippen molar-refractivity contribution >= 4 is 22.8 Å². The highest BCUT2D eigenvalue weighted by molar-refractivity contribution is 5.92. The summed E-state index contributed by atoms with van der Waals surface area (Å²) in [6.07, 6.45) is -3.29. The molecule has 0 spiro atoms. The Morgan fingerprint density at radius 2 is 1.88 bits per heavy atom. The van der Waals surface area contributed by atoms with E-state index in [0.29, 0.717) is 28.1 Å². The first-order chi connectivity index (χ1) is 18.9. The molecule has 2 saturated carbocycles. The van der Waals surface area contributed by atoms with Crippen molar-refractivity contribution in [3.63, 3.8) is 0 Å². The molecular weight excluding hydrogens is 537 g/mol. The van der Waals surface area contributed by atoms with Gasteiger partial charge >= 0.3 is 6.18 Å². The largest absolute Gasteiger partial charge is 0.389 e. The van der Waals surface area contributed by atoms with Crippen molar-refractivity contribution in [2.45, 2.75) is 88.5 Å². The number of rotatable bonds is 9. The van der Waals surface area contributed by atoms with Gasteiger partial charge in [-0.3, -0.25) is 9.59 Å². The molecule has 0 bridgehead atoms. The smallest absolute Gasteiger partial charge is 0.350 e. The summed E-state index contributed by atoms with van der Waals surface area (Å²) < 4.78 is 66.8. The zero-order valence-electron chi connectivity index (χ0n) is 21.8. The van der Waals surface area contributed by atoms with Crippen LogP contribution in [0.4, 0.5) is 22.0 Å². The van der Waals surface area contributed by atoms with Crippen molar-refractivity contribution in [1.82, 2.24) is 35.6 Å². The Balaban J connectivity index is 1.36. The Morgan fingerprint density at radius 1 is 1.15 bits per heavy atom. The topological polar surface area (TPSA) is 118 Å². The van der Waals surface area contributed by atoms with Crippen LogP contribution in [0.2, 0.25) is 0 Å². The summed E-state index contributed by atoms with van der Waals surface area (Å²) in [5.74, 6) is -3.77. The number of hydrogen-bond donors (Lipinski definition) is 3. The summed E-state index contributed by atoms with van der Waals surface area (Å²) in [5, 5.41) is 13.4. The van der Waals surface area contributed by atoms with Gasteiger partial charge in [-0.15, -0.1) is 5.10 Å². The number of halogens is 5. The van der Waals surface area contributed by atoms with Crippen LogP contribution in [0.25, 0.3) is 11.0 Å². The van der Waals surface area contributed by atoms with Gasteiger partial charge in [-0.1, -0.05) is 11.3 Å². The molecule has 3 aromatic rings. The van der Waals surface area contributed by atoms with Gasteiger partial charge < -0.3 is 15.6 Å². The molecule has 2 aromatic heterocycles. The van der Waals surface area contributed by atoms with Crippen LogP contribution in [0, 0.1) is 5.92 Å². The fraction of sp³-hybridized carbons (Fsp3) is 0.577. The van der Waals surface area contributed by atoms with E-state index in [1.807, 2.05) is 0 Å². The summed E-state index contributed by atoms with van der Waals surface area (Å²) in [4.78, 5) is 33.1. The predicted octanol–water partition coefficient (Wildman–Crippen LogP) is 5.31. The fourth-order valence-electron chi connectivity index (χ4n) is 5.13. The van der Waals surface area contributed by atoms with Gasteiger partial charge in [-0.2, -0.15) is 13.2 Å². The maximum absolute atomic E-state index is 13.9. The molecule has 0 radical (unpaired) electrons. The van der Waals surface area contributed by atoms with Gasteiger partial charge in [-0.05, 0) is 56.2 Å². The third-order valence-electron chi connectivity index (χ3n) is 7.55. The Labute approximate surface area is 226 Å². The summed E-state index contributed by atoms with van der Waals surface area (Å²) in [7, 11) is 0. The number of benzene rings is 1. The lowest BCUT2D eigenvalue weighted by Gasteiger charge is -2.33. The number of carbonyl (C=O) groups is 2. The maximum atomic E-state index is 13.9. The Hall–Kier alpha value is -3.58. The number of H-pyrrole nitrogens is 1. The van der Waals surface area contributed by atoms with E-state index in [4.69, 9.17) is 0 Å². The van der Waals surface area contributed by atoms with Crippen LogP contribution < -0.4 is 10.6 Å². The van der Waals surface area contributed by atoms with E-state index < -0.39 is 48.8 Å². The van der Waals surface area contributed by atoms with E-state index in [2.05, 4.69) is 30.9 Å². The van der Waals surface area contributed by atoms with Crippen molar-refractivity contribution in [1.29, 1.82) is 0 Å². The molecule has 3 N–H and O–H groups in total. The second-order valence-corrected chi connectivity index (χ2v) is 10.7. The maximum Gasteiger partial charge on any atom is 0.389 e. The summed E-state index contributed by atoms with van der Waals surface area (Å²) in [5.41, 5.74) is 2.07. The number of hydrogen-bond acceptors (Lipinski definition) is 5. The molecule has 2 atom stereocenters. The van der Waals surface area contributed by atoms with E-state index in [1.165, 1.54) is 6.20 Å². The molecule has 9 nitrogen and oxygen atoms in total. The SMILES string of the molecule is C[C@@H](NC(=O)CCC(F)(F)F)c1ccc2nc([C@@H](NC(=O)c3cnnn3C3CC3)C3CCC(F)(F)CC3)[nH]c2c1. The average molecular weight is 568 g/mol. The molecule has 2 aliphatic carbocycles. The number of amides is 2. The van der Waals surface area contributed by atoms with Crippen LogP contribution in [-0.4, -0.2) is 48.9 Å². The quantitative estimate of drug-likeness (QED) is 0.303. The minimum atomic E-state index is -4.42. The Bertz CT molecular complexity index is 1370. The van der Waals surface area contributed by atoms with Gasteiger partial charge in [0.2, 0.25) is 11.8 Å². The van der Waals surface area contributed by atoms with E-state index in [0.717, 1.165) is 12.8 Å². The number of nitrogens with one attached hydrogen (secondary N) is 3. The van der Waals surface area contributed by atoms with E-state index in [1.54, 1.807) is 29.8 Å². The van der Waals surface area contributed by atoms with E-state index >= 15 is 0 Å². The van der Waals surface area contributed by atoms with Crippen LogP contribution in [-0.2, 0) is 4.79 Å². The van der Waals surface area contributed by atoms with Gasteiger partial charge in [0.15, 0.2) is 0 Å². The van der Waals surface area contributed by atoms with E-state index in [9.17, 15) is 31.5 Å². The third kappa shape index (κ3) is 6.58. The molecule has 2 amide bonds. The highest BCUT2D eigenvalue weighted by Crippen LogP contribution is 2.41. The molecule has 5 rings (SSSR count). The minimum Gasteiger partial charge on any atom is -0.350 e. The number of carbonyl (C=O) groups excluding carboxylic acids is 2. The van der Waals surface area contributed by atoms with Gasteiger partial charge in [-0.25, -0.2) is 18.4 Å². The van der Waals surface area contributed by atoms with Crippen LogP contribution >= 0.6 is 0 Å². The zero-order chi connectivity index (χ0) is 28.7. The number of aromatic amines is 1. The molecule has 0 saturated heterocycles. The number of imidazole rings is 1. The van der Waals surface area contributed by atoms with Gasteiger partial charge in [0.1, 0.15) is 11.5 Å². The van der Waals surface area contributed by atoms with Crippen molar-refractivity contribution in [3.8, 4) is 0 Å². The molecular formula is C26H30F5N7O2. The van der Waals surface area contributed by atoms with E-state index in [-0.39, 0.29) is 37.6 Å². The first-order valence-electron chi connectivity index (χ1n) is 13.3. The van der Waals surface area contributed by atoms with Gasteiger partial charge in [0.25, 0.3) is 5.91 Å². The lowest BCUT2D eigenvalue weighted by Crippen LogP contribution is -2.38. The average Bonchev–Trinajstić information content (AvgIpc) is 3.45. The number of alkyl halides is 5. The second-order valence-electron chi connectivity index (χ2n) is 10.7.